The first-order valence-electron chi connectivity index (χ1n) is 9.93. The molecule has 7 heteroatoms. The number of nitrogens with one attached hydrogen (secondary N) is 1. The van der Waals surface area contributed by atoms with E-state index < -0.39 is 0 Å². The second kappa shape index (κ2) is 9.37. The number of nitrogens with zero attached hydrogens (tertiary/aromatic N) is 2. The van der Waals surface area contributed by atoms with Crippen LogP contribution < -0.4 is 5.32 Å². The third kappa shape index (κ3) is 4.58. The quantitative estimate of drug-likeness (QED) is 0.420. The molecule has 0 aliphatic heterocycles. The Morgan fingerprint density at radius 2 is 2.00 bits per heavy atom. The molecule has 0 fully saturated rings. The van der Waals surface area contributed by atoms with E-state index in [-0.39, 0.29) is 5.91 Å². The van der Waals surface area contributed by atoms with Crippen molar-refractivity contribution in [1.29, 1.82) is 0 Å². The summed E-state index contributed by atoms with van der Waals surface area (Å²) in [7, 11) is 0. The van der Waals surface area contributed by atoms with E-state index in [0.717, 1.165) is 12.8 Å². The van der Waals surface area contributed by atoms with E-state index in [1.54, 1.807) is 31.4 Å². The summed E-state index contributed by atoms with van der Waals surface area (Å²) in [5.74, 6) is 0.359. The highest BCUT2D eigenvalue weighted by molar-refractivity contribution is 6.06. The highest BCUT2D eigenvalue weighted by atomic mass is 16.5. The largest absolute Gasteiger partial charge is 0.463 e. The van der Waals surface area contributed by atoms with Crippen molar-refractivity contribution in [3.63, 3.8) is 0 Å². The maximum atomic E-state index is 12.8. The van der Waals surface area contributed by atoms with E-state index in [9.17, 15) is 4.79 Å². The predicted octanol–water partition coefficient (Wildman–Crippen LogP) is 4.17. The number of rotatable bonds is 9. The Labute approximate surface area is 174 Å². The van der Waals surface area contributed by atoms with Crippen molar-refractivity contribution in [2.75, 3.05) is 19.8 Å². The van der Waals surface area contributed by atoms with Crippen molar-refractivity contribution in [2.45, 2.75) is 19.8 Å². The smallest absolute Gasteiger partial charge is 0.259 e. The topological polar surface area (TPSA) is 90.4 Å². The molecule has 1 N–H and O–H groups in total. The molecule has 154 valence electrons. The van der Waals surface area contributed by atoms with Crippen molar-refractivity contribution >= 4 is 17.0 Å². The average molecular weight is 405 g/mol. The monoisotopic (exact) mass is 405 g/mol. The molecule has 0 bridgehead atoms. The third-order valence-electron chi connectivity index (χ3n) is 4.76. The number of benzene rings is 1. The number of fused-ring (bicyclic) bond motifs is 1. The first-order valence-corrected chi connectivity index (χ1v) is 9.93. The van der Waals surface area contributed by atoms with Gasteiger partial charge in [-0.1, -0.05) is 35.5 Å². The Balaban J connectivity index is 1.32. The van der Waals surface area contributed by atoms with E-state index in [2.05, 4.69) is 27.6 Å². The van der Waals surface area contributed by atoms with Crippen LogP contribution in [-0.2, 0) is 11.2 Å². The summed E-state index contributed by atoms with van der Waals surface area (Å²) >= 11 is 0. The summed E-state index contributed by atoms with van der Waals surface area (Å²) in [5, 5.41) is 7.50. The molecular formula is C23H23N3O4. The molecule has 4 aromatic rings. The minimum Gasteiger partial charge on any atom is -0.463 e. The maximum Gasteiger partial charge on any atom is 0.259 e. The van der Waals surface area contributed by atoms with Crippen LogP contribution in [0, 0.1) is 6.92 Å². The zero-order valence-electron chi connectivity index (χ0n) is 16.8. The van der Waals surface area contributed by atoms with Gasteiger partial charge in [0.15, 0.2) is 5.76 Å². The van der Waals surface area contributed by atoms with Crippen molar-refractivity contribution in [3.8, 4) is 11.5 Å². The Hall–Kier alpha value is -3.45. The van der Waals surface area contributed by atoms with Gasteiger partial charge >= 0.3 is 0 Å². The van der Waals surface area contributed by atoms with E-state index in [1.165, 1.54) is 5.56 Å². The molecule has 4 rings (SSSR count). The Kier molecular flexibility index (Phi) is 6.20. The number of amides is 1. The molecule has 1 amide bonds. The summed E-state index contributed by atoms with van der Waals surface area (Å²) in [6.07, 6.45) is 3.16. The zero-order valence-corrected chi connectivity index (χ0v) is 16.8. The van der Waals surface area contributed by atoms with Gasteiger partial charge in [0.25, 0.3) is 11.6 Å². The fourth-order valence-corrected chi connectivity index (χ4v) is 3.23. The lowest BCUT2D eigenvalue weighted by Gasteiger charge is -2.08. The number of hydrogen-bond donors (Lipinski definition) is 1. The SMILES string of the molecule is Cc1noc2nc(-c3ccco3)cc(C(=O)NCCCOCCc3ccccc3)c12. The zero-order chi connectivity index (χ0) is 20.8. The number of carbonyl (C=O) groups is 1. The number of ether oxygens (including phenoxy) is 1. The Bertz CT molecular complexity index is 1100. The van der Waals surface area contributed by atoms with Gasteiger partial charge in [0.2, 0.25) is 0 Å². The summed E-state index contributed by atoms with van der Waals surface area (Å²) in [5.41, 5.74) is 3.19. The van der Waals surface area contributed by atoms with Crippen LogP contribution in [0.5, 0.6) is 0 Å². The number of carbonyl (C=O) groups excluding carboxylic acids is 1. The van der Waals surface area contributed by atoms with Gasteiger partial charge in [0.1, 0.15) is 5.69 Å². The fourth-order valence-electron chi connectivity index (χ4n) is 3.23. The molecule has 0 aliphatic rings. The molecule has 0 saturated carbocycles. The van der Waals surface area contributed by atoms with E-state index in [0.29, 0.717) is 53.6 Å². The molecule has 0 spiro atoms. The molecule has 0 saturated heterocycles. The lowest BCUT2D eigenvalue weighted by atomic mass is 10.1. The number of hydrogen-bond acceptors (Lipinski definition) is 6. The molecular weight excluding hydrogens is 382 g/mol. The van der Waals surface area contributed by atoms with Crippen LogP contribution >= 0.6 is 0 Å². The molecule has 3 heterocycles. The van der Waals surface area contributed by atoms with Crippen LogP contribution in [-0.4, -0.2) is 35.8 Å². The molecule has 0 aliphatic carbocycles. The van der Waals surface area contributed by atoms with Crippen LogP contribution in [0.4, 0.5) is 0 Å². The molecule has 0 unspecified atom stereocenters. The average Bonchev–Trinajstić information content (AvgIpc) is 3.43. The van der Waals surface area contributed by atoms with Gasteiger partial charge in [-0.05, 0) is 43.5 Å². The summed E-state index contributed by atoms with van der Waals surface area (Å²) in [6.45, 7) is 3.55. The van der Waals surface area contributed by atoms with Crippen LogP contribution in [0.3, 0.4) is 0 Å². The minimum atomic E-state index is -0.203. The molecule has 7 nitrogen and oxygen atoms in total. The van der Waals surface area contributed by atoms with Crippen LogP contribution in [0.2, 0.25) is 0 Å². The van der Waals surface area contributed by atoms with Gasteiger partial charge < -0.3 is 19.0 Å². The first-order chi connectivity index (χ1) is 14.7. The lowest BCUT2D eigenvalue weighted by Crippen LogP contribution is -2.25. The summed E-state index contributed by atoms with van der Waals surface area (Å²) in [6, 6.07) is 15.5. The van der Waals surface area contributed by atoms with E-state index in [1.807, 2.05) is 18.2 Å². The molecule has 1 aromatic carbocycles. The normalized spacial score (nSPS) is 11.1. The van der Waals surface area contributed by atoms with E-state index >= 15 is 0 Å². The van der Waals surface area contributed by atoms with Crippen LogP contribution in [0.15, 0.2) is 63.7 Å². The standard InChI is InChI=1S/C23H23N3O4/c1-16-21-18(15-19(20-9-5-13-29-20)25-23(21)30-26-16)22(27)24-11-6-12-28-14-10-17-7-3-2-4-8-17/h2-5,7-9,13,15H,6,10-12,14H2,1H3,(H,24,27). The van der Waals surface area contributed by atoms with Gasteiger partial charge in [-0.15, -0.1) is 0 Å². The molecule has 3 aromatic heterocycles. The lowest BCUT2D eigenvalue weighted by molar-refractivity contribution is 0.0943. The number of aromatic nitrogens is 2. The van der Waals surface area contributed by atoms with Crippen molar-refractivity contribution in [2.24, 2.45) is 0 Å². The Morgan fingerprint density at radius 3 is 2.80 bits per heavy atom. The third-order valence-corrected chi connectivity index (χ3v) is 4.76. The summed E-state index contributed by atoms with van der Waals surface area (Å²) in [4.78, 5) is 17.2. The minimum absolute atomic E-state index is 0.203. The summed E-state index contributed by atoms with van der Waals surface area (Å²) < 4.78 is 16.4. The van der Waals surface area contributed by atoms with Gasteiger partial charge in [-0.3, -0.25) is 4.79 Å². The van der Waals surface area contributed by atoms with Crippen LogP contribution in [0.25, 0.3) is 22.6 Å². The molecule has 0 atom stereocenters. The number of pyridine rings is 1. The predicted molar refractivity (Wildman–Crippen MR) is 112 cm³/mol. The number of aryl methyl sites for hydroxylation is 1. The fraction of sp³-hybridized carbons (Fsp3) is 0.261. The maximum absolute atomic E-state index is 12.8. The Morgan fingerprint density at radius 1 is 1.13 bits per heavy atom. The van der Waals surface area contributed by atoms with Gasteiger partial charge in [0.05, 0.1) is 29.5 Å². The van der Waals surface area contributed by atoms with Gasteiger partial charge in [-0.25, -0.2) is 4.98 Å². The second-order valence-corrected chi connectivity index (χ2v) is 6.94. The highest BCUT2D eigenvalue weighted by Crippen LogP contribution is 2.27. The second-order valence-electron chi connectivity index (χ2n) is 6.94. The molecule has 30 heavy (non-hydrogen) atoms. The van der Waals surface area contributed by atoms with Gasteiger partial charge in [-0.2, -0.15) is 0 Å². The van der Waals surface area contributed by atoms with E-state index in [4.69, 9.17) is 13.7 Å². The molecule has 0 radical (unpaired) electrons. The van der Waals surface area contributed by atoms with Crippen LogP contribution in [0.1, 0.15) is 28.0 Å². The highest BCUT2D eigenvalue weighted by Gasteiger charge is 2.19. The first kappa shape index (κ1) is 19.8. The van der Waals surface area contributed by atoms with Crippen molar-refractivity contribution < 1.29 is 18.5 Å². The number of furan rings is 1. The van der Waals surface area contributed by atoms with Crippen molar-refractivity contribution in [3.05, 3.63) is 71.6 Å². The van der Waals surface area contributed by atoms with Gasteiger partial charge in [0, 0.05) is 13.2 Å². The van der Waals surface area contributed by atoms with Crippen molar-refractivity contribution in [1.82, 2.24) is 15.5 Å².